The van der Waals surface area contributed by atoms with E-state index < -0.39 is 6.04 Å². The van der Waals surface area contributed by atoms with E-state index in [2.05, 4.69) is 0 Å². The molecule has 4 heteroatoms. The zero-order chi connectivity index (χ0) is 13.1. The van der Waals surface area contributed by atoms with Gasteiger partial charge in [-0.25, -0.2) is 4.39 Å². The van der Waals surface area contributed by atoms with Crippen molar-refractivity contribution < 1.29 is 9.13 Å². The van der Waals surface area contributed by atoms with Crippen molar-refractivity contribution >= 4 is 11.6 Å². The number of rotatable bonds is 3. The van der Waals surface area contributed by atoms with Crippen LogP contribution in [-0.4, -0.2) is 7.11 Å². The van der Waals surface area contributed by atoms with Crippen molar-refractivity contribution in [2.45, 2.75) is 6.04 Å². The number of hydrogen-bond donors (Lipinski definition) is 1. The number of hydrogen-bond acceptors (Lipinski definition) is 2. The van der Waals surface area contributed by atoms with Crippen molar-refractivity contribution in [3.05, 3.63) is 64.4 Å². The highest BCUT2D eigenvalue weighted by Crippen LogP contribution is 2.30. The van der Waals surface area contributed by atoms with Crippen LogP contribution in [0, 0.1) is 5.82 Å². The first kappa shape index (κ1) is 12.9. The van der Waals surface area contributed by atoms with Crippen LogP contribution in [0.4, 0.5) is 4.39 Å². The van der Waals surface area contributed by atoms with Gasteiger partial charge in [-0.3, -0.25) is 0 Å². The van der Waals surface area contributed by atoms with Crippen LogP contribution in [0.3, 0.4) is 0 Å². The number of ether oxygens (including phenoxy) is 1. The van der Waals surface area contributed by atoms with E-state index in [4.69, 9.17) is 22.1 Å². The Bertz CT molecular complexity index is 559. The van der Waals surface area contributed by atoms with Gasteiger partial charge < -0.3 is 10.5 Å². The Hall–Kier alpha value is -1.58. The molecule has 0 heterocycles. The molecule has 1 unspecified atom stereocenters. The van der Waals surface area contributed by atoms with Gasteiger partial charge in [-0.1, -0.05) is 29.8 Å². The predicted molar refractivity (Wildman–Crippen MR) is 70.4 cm³/mol. The van der Waals surface area contributed by atoms with E-state index in [0.717, 1.165) is 5.56 Å². The Balaban J connectivity index is 2.42. The summed E-state index contributed by atoms with van der Waals surface area (Å²) in [6.45, 7) is 0. The van der Waals surface area contributed by atoms with E-state index >= 15 is 0 Å². The minimum absolute atomic E-state index is 0.309. The fourth-order valence-electron chi connectivity index (χ4n) is 1.82. The van der Waals surface area contributed by atoms with Crippen LogP contribution in [-0.2, 0) is 0 Å². The molecule has 0 aliphatic rings. The van der Waals surface area contributed by atoms with Gasteiger partial charge in [0.05, 0.1) is 13.2 Å². The van der Waals surface area contributed by atoms with Crippen LogP contribution in [0.25, 0.3) is 0 Å². The van der Waals surface area contributed by atoms with E-state index in [1.165, 1.54) is 12.1 Å². The first-order chi connectivity index (χ1) is 8.61. The summed E-state index contributed by atoms with van der Waals surface area (Å²) in [5, 5.41) is 0.571. The van der Waals surface area contributed by atoms with Gasteiger partial charge in [-0.05, 0) is 29.8 Å². The summed E-state index contributed by atoms with van der Waals surface area (Å²) in [5.74, 6) is 0.287. The Morgan fingerprint density at radius 3 is 2.67 bits per heavy atom. The lowest BCUT2D eigenvalue weighted by atomic mass is 9.99. The normalized spacial score (nSPS) is 12.2. The van der Waals surface area contributed by atoms with Crippen LogP contribution in [0.1, 0.15) is 17.2 Å². The van der Waals surface area contributed by atoms with Crippen molar-refractivity contribution in [2.24, 2.45) is 5.73 Å². The standard InChI is InChI=1S/C14H13ClFNO/c1-18-13-8-10(15)5-6-12(13)14(17)9-3-2-4-11(16)7-9/h2-8,14H,17H2,1H3. The van der Waals surface area contributed by atoms with Crippen LogP contribution in [0.5, 0.6) is 5.75 Å². The molecule has 94 valence electrons. The first-order valence-electron chi connectivity index (χ1n) is 5.46. The zero-order valence-corrected chi connectivity index (χ0v) is 10.6. The van der Waals surface area contributed by atoms with Crippen molar-refractivity contribution in [1.82, 2.24) is 0 Å². The molecule has 1 atom stereocenters. The Morgan fingerprint density at radius 2 is 2.00 bits per heavy atom. The average molecular weight is 266 g/mol. The second-order valence-corrected chi connectivity index (χ2v) is 4.36. The quantitative estimate of drug-likeness (QED) is 0.921. The second kappa shape index (κ2) is 5.38. The minimum Gasteiger partial charge on any atom is -0.496 e. The molecule has 0 spiro atoms. The molecule has 0 radical (unpaired) electrons. The maximum absolute atomic E-state index is 13.2. The van der Waals surface area contributed by atoms with Crippen molar-refractivity contribution in [2.75, 3.05) is 7.11 Å². The van der Waals surface area contributed by atoms with E-state index in [9.17, 15) is 4.39 Å². The van der Waals surface area contributed by atoms with Gasteiger partial charge in [0.15, 0.2) is 0 Å². The average Bonchev–Trinajstić information content (AvgIpc) is 2.37. The smallest absolute Gasteiger partial charge is 0.125 e. The highest BCUT2D eigenvalue weighted by molar-refractivity contribution is 6.30. The Kier molecular flexibility index (Phi) is 3.84. The van der Waals surface area contributed by atoms with Crippen molar-refractivity contribution in [1.29, 1.82) is 0 Å². The first-order valence-corrected chi connectivity index (χ1v) is 5.84. The third-order valence-corrected chi connectivity index (χ3v) is 2.97. The molecule has 0 fully saturated rings. The number of methoxy groups -OCH3 is 1. The lowest BCUT2D eigenvalue weighted by molar-refractivity contribution is 0.408. The molecular formula is C14H13ClFNO. The SMILES string of the molecule is COc1cc(Cl)ccc1C(N)c1cccc(F)c1. The van der Waals surface area contributed by atoms with Crippen molar-refractivity contribution in [3.63, 3.8) is 0 Å². The fourth-order valence-corrected chi connectivity index (χ4v) is 1.98. The van der Waals surface area contributed by atoms with Crippen LogP contribution < -0.4 is 10.5 Å². The molecule has 0 aromatic heterocycles. The zero-order valence-electron chi connectivity index (χ0n) is 9.86. The predicted octanol–water partition coefficient (Wildman–Crippen LogP) is 3.54. The lowest BCUT2D eigenvalue weighted by Crippen LogP contribution is -2.13. The molecule has 0 bridgehead atoms. The van der Waals surface area contributed by atoms with Crippen molar-refractivity contribution in [3.8, 4) is 5.75 Å². The summed E-state index contributed by atoms with van der Waals surface area (Å²) in [6.07, 6.45) is 0. The van der Waals surface area contributed by atoms with E-state index in [-0.39, 0.29) is 5.82 Å². The summed E-state index contributed by atoms with van der Waals surface area (Å²) >= 11 is 5.89. The molecule has 0 amide bonds. The van der Waals surface area contributed by atoms with Crippen LogP contribution in [0.2, 0.25) is 5.02 Å². The number of nitrogens with two attached hydrogens (primary N) is 1. The van der Waals surface area contributed by atoms with Crippen LogP contribution >= 0.6 is 11.6 Å². The third-order valence-electron chi connectivity index (χ3n) is 2.74. The molecule has 2 N–H and O–H groups in total. The molecule has 2 aromatic carbocycles. The summed E-state index contributed by atoms with van der Waals surface area (Å²) in [5.41, 5.74) is 7.58. The third kappa shape index (κ3) is 2.63. The molecule has 18 heavy (non-hydrogen) atoms. The lowest BCUT2D eigenvalue weighted by Gasteiger charge is -2.16. The second-order valence-electron chi connectivity index (χ2n) is 3.92. The largest absolute Gasteiger partial charge is 0.496 e. The Morgan fingerprint density at radius 1 is 1.22 bits per heavy atom. The molecular weight excluding hydrogens is 253 g/mol. The molecule has 2 nitrogen and oxygen atoms in total. The summed E-state index contributed by atoms with van der Waals surface area (Å²) < 4.78 is 18.4. The fraction of sp³-hybridized carbons (Fsp3) is 0.143. The molecule has 0 aliphatic carbocycles. The topological polar surface area (TPSA) is 35.2 Å². The number of benzene rings is 2. The van der Waals surface area contributed by atoms with E-state index in [0.29, 0.717) is 16.3 Å². The highest BCUT2D eigenvalue weighted by atomic mass is 35.5. The molecule has 2 rings (SSSR count). The van der Waals surface area contributed by atoms with Gasteiger partial charge >= 0.3 is 0 Å². The summed E-state index contributed by atoms with van der Waals surface area (Å²) in [7, 11) is 1.55. The van der Waals surface area contributed by atoms with Gasteiger partial charge in [0, 0.05) is 10.6 Å². The summed E-state index contributed by atoms with van der Waals surface area (Å²) in [6, 6.07) is 11.0. The maximum atomic E-state index is 13.2. The van der Waals surface area contributed by atoms with Gasteiger partial charge in [-0.15, -0.1) is 0 Å². The number of halogens is 2. The molecule has 2 aromatic rings. The van der Waals surface area contributed by atoms with Gasteiger partial charge in [0.1, 0.15) is 11.6 Å². The minimum atomic E-state index is -0.451. The highest BCUT2D eigenvalue weighted by Gasteiger charge is 2.14. The molecule has 0 saturated heterocycles. The van der Waals surface area contributed by atoms with E-state index in [1.807, 2.05) is 0 Å². The van der Waals surface area contributed by atoms with E-state index in [1.54, 1.807) is 37.4 Å². The van der Waals surface area contributed by atoms with Crippen LogP contribution in [0.15, 0.2) is 42.5 Å². The summed E-state index contributed by atoms with van der Waals surface area (Å²) in [4.78, 5) is 0. The molecule has 0 saturated carbocycles. The Labute approximate surface area is 110 Å². The monoisotopic (exact) mass is 265 g/mol. The molecule has 0 aliphatic heterocycles. The van der Waals surface area contributed by atoms with Gasteiger partial charge in [-0.2, -0.15) is 0 Å². The maximum Gasteiger partial charge on any atom is 0.125 e. The van der Waals surface area contributed by atoms with Gasteiger partial charge in [0.2, 0.25) is 0 Å². The van der Waals surface area contributed by atoms with Gasteiger partial charge in [0.25, 0.3) is 0 Å².